The zero-order valence-electron chi connectivity index (χ0n) is 11.4. The Bertz CT molecular complexity index is 513. The summed E-state index contributed by atoms with van der Waals surface area (Å²) >= 11 is 0. The maximum absolute atomic E-state index is 12.1. The topological polar surface area (TPSA) is 108 Å². The molecule has 1 saturated carbocycles. The number of aliphatic hydroxyl groups is 1. The number of carbonyl (C=O) groups excluding carboxylic acids is 1. The van der Waals surface area contributed by atoms with E-state index in [1.165, 1.54) is 12.1 Å². The van der Waals surface area contributed by atoms with E-state index in [0.29, 0.717) is 5.92 Å². The Labute approximate surface area is 116 Å². The minimum Gasteiger partial charge on any atom is -0.394 e. The molecule has 1 aliphatic carbocycles. The molecule has 1 heterocycles. The molecule has 2 rings (SSSR count). The first-order valence-electron chi connectivity index (χ1n) is 6.72. The van der Waals surface area contributed by atoms with Crippen molar-refractivity contribution in [2.24, 2.45) is 5.92 Å². The van der Waals surface area contributed by atoms with Gasteiger partial charge < -0.3 is 20.5 Å². The minimum atomic E-state index is -0.616. The van der Waals surface area contributed by atoms with Crippen molar-refractivity contribution in [3.63, 3.8) is 0 Å². The zero-order valence-corrected chi connectivity index (χ0v) is 11.4. The normalized spacial score (nSPS) is 26.2. The fourth-order valence-electron chi connectivity index (χ4n) is 2.89. The quantitative estimate of drug-likeness (QED) is 0.575. The highest BCUT2D eigenvalue weighted by atomic mass is 16.6. The second-order valence-electron chi connectivity index (χ2n) is 5.61. The Balaban J connectivity index is 2.10. The maximum Gasteiger partial charge on any atom is 0.321 e. The van der Waals surface area contributed by atoms with Gasteiger partial charge in [-0.25, -0.2) is 4.98 Å². The molecule has 3 N–H and O–H groups in total. The third-order valence-corrected chi connectivity index (χ3v) is 3.88. The number of nitro groups is 1. The highest BCUT2D eigenvalue weighted by Gasteiger charge is 2.36. The Hall–Kier alpha value is -1.89. The third-order valence-electron chi connectivity index (χ3n) is 3.88. The van der Waals surface area contributed by atoms with Gasteiger partial charge in [0.25, 0.3) is 5.91 Å². The van der Waals surface area contributed by atoms with Crippen LogP contribution in [-0.4, -0.2) is 33.1 Å². The van der Waals surface area contributed by atoms with E-state index in [1.54, 1.807) is 0 Å². The van der Waals surface area contributed by atoms with Crippen LogP contribution in [0.5, 0.6) is 0 Å². The van der Waals surface area contributed by atoms with Crippen LogP contribution in [0.25, 0.3) is 0 Å². The lowest BCUT2D eigenvalue weighted by atomic mass is 9.77. The van der Waals surface area contributed by atoms with E-state index in [0.717, 1.165) is 25.7 Å². The van der Waals surface area contributed by atoms with E-state index in [-0.39, 0.29) is 18.1 Å². The van der Waals surface area contributed by atoms with Crippen LogP contribution in [0, 0.1) is 16.0 Å². The monoisotopic (exact) mass is 281 g/mol. The lowest BCUT2D eigenvalue weighted by Crippen LogP contribution is -2.53. The van der Waals surface area contributed by atoms with Crippen LogP contribution >= 0.6 is 0 Å². The van der Waals surface area contributed by atoms with Crippen molar-refractivity contribution in [2.75, 3.05) is 6.61 Å². The highest BCUT2D eigenvalue weighted by molar-refractivity contribution is 5.93. The van der Waals surface area contributed by atoms with Crippen molar-refractivity contribution in [1.29, 1.82) is 0 Å². The summed E-state index contributed by atoms with van der Waals surface area (Å²) in [6, 6.07) is 2.63. The predicted octanol–water partition coefficient (Wildman–Crippen LogP) is 1.59. The van der Waals surface area contributed by atoms with Gasteiger partial charge in [-0.3, -0.25) is 4.79 Å². The minimum absolute atomic E-state index is 0.119. The number of aliphatic hydroxyl groups excluding tert-OH is 1. The van der Waals surface area contributed by atoms with Crippen LogP contribution in [0.15, 0.2) is 12.1 Å². The summed E-state index contributed by atoms with van der Waals surface area (Å²) in [6.45, 7) is 1.97. The van der Waals surface area contributed by atoms with Crippen LogP contribution in [0.3, 0.4) is 0 Å². The van der Waals surface area contributed by atoms with E-state index < -0.39 is 16.4 Å². The Kier molecular flexibility index (Phi) is 4.08. The number of aromatic amines is 1. The van der Waals surface area contributed by atoms with Gasteiger partial charge in [-0.2, -0.15) is 0 Å². The lowest BCUT2D eigenvalue weighted by Gasteiger charge is -2.39. The van der Waals surface area contributed by atoms with E-state index in [9.17, 15) is 20.0 Å². The fraction of sp³-hybridized carbons (Fsp3) is 0.615. The SMILES string of the molecule is CC1CCCC(CO)(NC(=O)c2ccc([N+](=O)[O-])[nH]2)C1. The molecule has 0 aromatic carbocycles. The summed E-state index contributed by atoms with van der Waals surface area (Å²) in [7, 11) is 0. The molecule has 0 bridgehead atoms. The molecule has 1 aromatic heterocycles. The molecule has 2 atom stereocenters. The molecule has 1 aromatic rings. The number of rotatable bonds is 4. The molecule has 1 amide bonds. The first kappa shape index (κ1) is 14.5. The molecular weight excluding hydrogens is 262 g/mol. The summed E-state index contributed by atoms with van der Waals surface area (Å²) < 4.78 is 0. The molecule has 7 heteroatoms. The Morgan fingerprint density at radius 3 is 2.95 bits per heavy atom. The number of H-pyrrole nitrogens is 1. The van der Waals surface area contributed by atoms with Gasteiger partial charge in [-0.05, 0) is 29.7 Å². The van der Waals surface area contributed by atoms with E-state index in [1.807, 2.05) is 0 Å². The molecule has 1 fully saturated rings. The van der Waals surface area contributed by atoms with Crippen LogP contribution in [0.1, 0.15) is 43.1 Å². The van der Waals surface area contributed by atoms with Gasteiger partial charge in [0.2, 0.25) is 0 Å². The van der Waals surface area contributed by atoms with Gasteiger partial charge in [0.05, 0.1) is 12.1 Å². The second kappa shape index (κ2) is 5.62. The average molecular weight is 281 g/mol. The van der Waals surface area contributed by atoms with Crippen molar-refractivity contribution >= 4 is 11.7 Å². The van der Waals surface area contributed by atoms with Crippen LogP contribution in [-0.2, 0) is 0 Å². The number of hydrogen-bond donors (Lipinski definition) is 3. The van der Waals surface area contributed by atoms with Crippen LogP contribution < -0.4 is 5.32 Å². The summed E-state index contributed by atoms with van der Waals surface area (Å²) in [4.78, 5) is 24.6. The highest BCUT2D eigenvalue weighted by Crippen LogP contribution is 2.32. The Morgan fingerprint density at radius 2 is 2.40 bits per heavy atom. The van der Waals surface area contributed by atoms with Gasteiger partial charge in [-0.15, -0.1) is 0 Å². The predicted molar refractivity (Wildman–Crippen MR) is 72.4 cm³/mol. The second-order valence-corrected chi connectivity index (χ2v) is 5.61. The molecule has 1 aliphatic rings. The summed E-state index contributed by atoms with van der Waals surface area (Å²) in [5.41, 5.74) is -0.475. The summed E-state index contributed by atoms with van der Waals surface area (Å²) in [5, 5.41) is 23.0. The van der Waals surface area contributed by atoms with E-state index in [2.05, 4.69) is 17.2 Å². The van der Waals surface area contributed by atoms with E-state index in [4.69, 9.17) is 0 Å². The number of nitrogens with one attached hydrogen (secondary N) is 2. The zero-order chi connectivity index (χ0) is 14.8. The molecule has 7 nitrogen and oxygen atoms in total. The lowest BCUT2D eigenvalue weighted by molar-refractivity contribution is -0.389. The third kappa shape index (κ3) is 2.98. The summed E-state index contributed by atoms with van der Waals surface area (Å²) in [5.74, 6) is -0.194. The van der Waals surface area contributed by atoms with Gasteiger partial charge in [0.1, 0.15) is 0 Å². The fourth-order valence-corrected chi connectivity index (χ4v) is 2.89. The molecule has 110 valence electrons. The number of aromatic nitrogens is 1. The van der Waals surface area contributed by atoms with Crippen molar-refractivity contribution in [3.8, 4) is 0 Å². The molecule has 0 saturated heterocycles. The smallest absolute Gasteiger partial charge is 0.321 e. The average Bonchev–Trinajstić information content (AvgIpc) is 2.88. The molecule has 0 spiro atoms. The molecule has 2 unspecified atom stereocenters. The van der Waals surface area contributed by atoms with Crippen molar-refractivity contribution in [1.82, 2.24) is 10.3 Å². The largest absolute Gasteiger partial charge is 0.394 e. The van der Waals surface area contributed by atoms with Crippen molar-refractivity contribution < 1.29 is 14.8 Å². The standard InChI is InChI=1S/C13H19N3O4/c1-9-3-2-6-13(7-9,8-17)15-12(18)10-4-5-11(14-10)16(19)20/h4-5,9,14,17H,2-3,6-8H2,1H3,(H,15,18). The number of amides is 1. The van der Waals surface area contributed by atoms with Crippen molar-refractivity contribution in [3.05, 3.63) is 27.9 Å². The van der Waals surface area contributed by atoms with Gasteiger partial charge >= 0.3 is 5.82 Å². The molecular formula is C13H19N3O4. The number of hydrogen-bond acceptors (Lipinski definition) is 4. The van der Waals surface area contributed by atoms with Crippen LogP contribution in [0.2, 0.25) is 0 Å². The van der Waals surface area contributed by atoms with Gasteiger partial charge in [0.15, 0.2) is 5.69 Å². The molecule has 0 radical (unpaired) electrons. The first-order valence-corrected chi connectivity index (χ1v) is 6.72. The van der Waals surface area contributed by atoms with Crippen LogP contribution in [0.4, 0.5) is 5.82 Å². The molecule has 0 aliphatic heterocycles. The first-order chi connectivity index (χ1) is 9.46. The van der Waals surface area contributed by atoms with Crippen molar-refractivity contribution in [2.45, 2.75) is 38.1 Å². The van der Waals surface area contributed by atoms with Gasteiger partial charge in [0, 0.05) is 6.07 Å². The number of carbonyl (C=O) groups is 1. The molecule has 20 heavy (non-hydrogen) atoms. The number of nitrogens with zero attached hydrogens (tertiary/aromatic N) is 1. The summed E-state index contributed by atoms with van der Waals surface area (Å²) in [6.07, 6.45) is 3.49. The van der Waals surface area contributed by atoms with Gasteiger partial charge in [-0.1, -0.05) is 19.8 Å². The maximum atomic E-state index is 12.1. The Morgan fingerprint density at radius 1 is 1.65 bits per heavy atom. The van der Waals surface area contributed by atoms with E-state index >= 15 is 0 Å².